The number of ether oxygens (including phenoxy) is 1. The summed E-state index contributed by atoms with van der Waals surface area (Å²) < 4.78 is 5.43. The van der Waals surface area contributed by atoms with Crippen molar-refractivity contribution in [1.29, 1.82) is 0 Å². The number of para-hydroxylation sites is 1. The highest BCUT2D eigenvalue weighted by Crippen LogP contribution is 2.22. The molecule has 112 valence electrons. The normalized spacial score (nSPS) is 11.9. The number of rotatable bonds is 9. The maximum atomic E-state index is 9.75. The van der Waals surface area contributed by atoms with Gasteiger partial charge in [-0.05, 0) is 25.1 Å². The van der Waals surface area contributed by atoms with Crippen molar-refractivity contribution in [2.75, 3.05) is 26.2 Å². The Morgan fingerprint density at radius 1 is 1.40 bits per heavy atom. The van der Waals surface area contributed by atoms with Gasteiger partial charge in [-0.3, -0.25) is 4.99 Å². The highest BCUT2D eigenvalue weighted by atomic mass is 35.5. The average molecular weight is 301 g/mol. The van der Waals surface area contributed by atoms with E-state index in [1.165, 1.54) is 0 Å². The van der Waals surface area contributed by atoms with Crippen LogP contribution in [0.2, 0.25) is 5.02 Å². The van der Waals surface area contributed by atoms with Crippen molar-refractivity contribution in [2.24, 2.45) is 16.5 Å². The topological polar surface area (TPSA) is 106 Å². The van der Waals surface area contributed by atoms with Crippen LogP contribution in [-0.4, -0.2) is 43.4 Å². The fourth-order valence-electron chi connectivity index (χ4n) is 1.49. The number of halogens is 1. The van der Waals surface area contributed by atoms with E-state index in [0.717, 1.165) is 13.0 Å². The van der Waals surface area contributed by atoms with Crippen molar-refractivity contribution in [2.45, 2.75) is 12.5 Å². The van der Waals surface area contributed by atoms with Crippen molar-refractivity contribution in [3.05, 3.63) is 29.3 Å². The molecule has 7 heteroatoms. The third kappa shape index (κ3) is 7.18. The van der Waals surface area contributed by atoms with Crippen LogP contribution in [0, 0.1) is 0 Å². The van der Waals surface area contributed by atoms with Gasteiger partial charge in [-0.25, -0.2) is 0 Å². The van der Waals surface area contributed by atoms with E-state index in [1.807, 2.05) is 12.1 Å². The van der Waals surface area contributed by atoms with Gasteiger partial charge in [-0.2, -0.15) is 0 Å². The molecule has 20 heavy (non-hydrogen) atoms. The van der Waals surface area contributed by atoms with Crippen molar-refractivity contribution < 1.29 is 9.84 Å². The zero-order chi connectivity index (χ0) is 14.8. The average Bonchev–Trinajstić information content (AvgIpc) is 2.41. The fraction of sp³-hybridized carbons (Fsp3) is 0.462. The van der Waals surface area contributed by atoms with Crippen LogP contribution in [0.25, 0.3) is 0 Å². The van der Waals surface area contributed by atoms with Crippen LogP contribution in [0.4, 0.5) is 0 Å². The van der Waals surface area contributed by atoms with Gasteiger partial charge in [0.05, 0.1) is 5.02 Å². The summed E-state index contributed by atoms with van der Waals surface area (Å²) >= 11 is 5.94. The number of hydrogen-bond acceptors (Lipinski definition) is 4. The first-order valence-electron chi connectivity index (χ1n) is 6.41. The van der Waals surface area contributed by atoms with Crippen LogP contribution in [0.15, 0.2) is 29.3 Å². The van der Waals surface area contributed by atoms with Gasteiger partial charge in [0.25, 0.3) is 0 Å². The number of benzene rings is 1. The van der Waals surface area contributed by atoms with Gasteiger partial charge in [0.2, 0.25) is 0 Å². The molecule has 0 aromatic heterocycles. The summed E-state index contributed by atoms with van der Waals surface area (Å²) in [5.74, 6) is 0.666. The number of aliphatic imine (C=N–C) groups is 1. The molecule has 0 fully saturated rings. The first kappa shape index (κ1) is 16.6. The molecule has 0 aliphatic carbocycles. The second kappa shape index (κ2) is 9.41. The number of aliphatic hydroxyl groups excluding tert-OH is 1. The maximum absolute atomic E-state index is 9.75. The molecule has 0 aliphatic rings. The van der Waals surface area contributed by atoms with Gasteiger partial charge >= 0.3 is 0 Å². The summed E-state index contributed by atoms with van der Waals surface area (Å²) in [5, 5.41) is 13.4. The molecule has 0 saturated heterocycles. The Morgan fingerprint density at radius 3 is 2.85 bits per heavy atom. The fourth-order valence-corrected chi connectivity index (χ4v) is 1.68. The molecule has 0 bridgehead atoms. The van der Waals surface area contributed by atoms with E-state index in [-0.39, 0.29) is 12.6 Å². The summed E-state index contributed by atoms with van der Waals surface area (Å²) in [6, 6.07) is 7.15. The Labute approximate surface area is 123 Å². The molecule has 0 heterocycles. The van der Waals surface area contributed by atoms with Gasteiger partial charge in [-0.1, -0.05) is 23.7 Å². The smallest absolute Gasteiger partial charge is 0.185 e. The lowest BCUT2D eigenvalue weighted by Crippen LogP contribution is -2.32. The quantitative estimate of drug-likeness (QED) is 0.299. The van der Waals surface area contributed by atoms with E-state index in [4.69, 9.17) is 27.8 Å². The molecule has 0 spiro atoms. The molecule has 1 rings (SSSR count). The van der Waals surface area contributed by atoms with Gasteiger partial charge in [-0.15, -0.1) is 0 Å². The zero-order valence-electron chi connectivity index (χ0n) is 11.3. The lowest BCUT2D eigenvalue weighted by atomic mass is 10.3. The lowest BCUT2D eigenvalue weighted by Gasteiger charge is -2.13. The summed E-state index contributed by atoms with van der Waals surface area (Å²) in [7, 11) is 0. The van der Waals surface area contributed by atoms with Crippen molar-refractivity contribution in [3.8, 4) is 5.75 Å². The number of aliphatic hydroxyl groups is 1. The summed E-state index contributed by atoms with van der Waals surface area (Å²) in [6.07, 6.45) is 0.199. The predicted molar refractivity (Wildman–Crippen MR) is 81.1 cm³/mol. The Hall–Kier alpha value is -1.50. The van der Waals surface area contributed by atoms with E-state index in [0.29, 0.717) is 23.9 Å². The molecule has 0 saturated carbocycles. The molecule has 0 amide bonds. The lowest BCUT2D eigenvalue weighted by molar-refractivity contribution is 0.106. The summed E-state index contributed by atoms with van der Waals surface area (Å²) in [4.78, 5) is 3.86. The van der Waals surface area contributed by atoms with Crippen molar-refractivity contribution in [3.63, 3.8) is 0 Å². The van der Waals surface area contributed by atoms with E-state index in [1.54, 1.807) is 12.1 Å². The van der Waals surface area contributed by atoms with Gasteiger partial charge < -0.3 is 26.6 Å². The Morgan fingerprint density at radius 2 is 2.15 bits per heavy atom. The number of nitrogens with zero attached hydrogens (tertiary/aromatic N) is 1. The number of nitrogens with one attached hydrogen (secondary N) is 1. The second-order valence-corrected chi connectivity index (χ2v) is 4.67. The maximum Gasteiger partial charge on any atom is 0.185 e. The minimum absolute atomic E-state index is 0.0955. The van der Waals surface area contributed by atoms with Crippen molar-refractivity contribution >= 4 is 17.6 Å². The third-order valence-electron chi connectivity index (χ3n) is 2.45. The summed E-state index contributed by atoms with van der Waals surface area (Å²) in [6.45, 7) is 1.92. The molecule has 6 N–H and O–H groups in total. The molecule has 0 aliphatic heterocycles. The Balaban J connectivity index is 2.10. The van der Waals surface area contributed by atoms with Crippen LogP contribution >= 0.6 is 11.6 Å². The minimum atomic E-state index is -0.602. The molecule has 1 unspecified atom stereocenters. The van der Waals surface area contributed by atoms with E-state index >= 15 is 0 Å². The van der Waals surface area contributed by atoms with Crippen LogP contribution in [0.5, 0.6) is 5.75 Å². The second-order valence-electron chi connectivity index (χ2n) is 4.26. The largest absolute Gasteiger partial charge is 0.489 e. The molecular weight excluding hydrogens is 280 g/mol. The number of nitrogens with two attached hydrogens (primary N) is 2. The van der Waals surface area contributed by atoms with Crippen LogP contribution in [0.1, 0.15) is 6.42 Å². The minimum Gasteiger partial charge on any atom is -0.489 e. The Bertz CT molecular complexity index is 425. The number of hydrogen-bond donors (Lipinski definition) is 4. The monoisotopic (exact) mass is 300 g/mol. The zero-order valence-corrected chi connectivity index (χ0v) is 12.0. The van der Waals surface area contributed by atoms with Crippen LogP contribution in [-0.2, 0) is 0 Å². The first-order chi connectivity index (χ1) is 9.59. The highest BCUT2D eigenvalue weighted by Gasteiger charge is 2.06. The van der Waals surface area contributed by atoms with Crippen LogP contribution < -0.4 is 21.5 Å². The molecule has 1 aromatic rings. The standard InChI is InChI=1S/C13H21ClN4O2/c14-11-4-1-2-5-12(11)20-9-10(19)8-17-6-3-7-18-13(15)16/h1-2,4-5,10,17,19H,3,6-9H2,(H4,15,16,18). The van der Waals surface area contributed by atoms with Crippen molar-refractivity contribution in [1.82, 2.24) is 5.32 Å². The van der Waals surface area contributed by atoms with Gasteiger partial charge in [0, 0.05) is 13.1 Å². The Kier molecular flexibility index (Phi) is 7.79. The van der Waals surface area contributed by atoms with Gasteiger partial charge in [0.1, 0.15) is 18.5 Å². The van der Waals surface area contributed by atoms with E-state index < -0.39 is 6.10 Å². The molecule has 6 nitrogen and oxygen atoms in total. The predicted octanol–water partition coefficient (Wildman–Crippen LogP) is 0.333. The first-order valence-corrected chi connectivity index (χ1v) is 6.79. The van der Waals surface area contributed by atoms with Crippen LogP contribution in [0.3, 0.4) is 0 Å². The SMILES string of the molecule is NC(N)=NCCCNCC(O)COc1ccccc1Cl. The summed E-state index contributed by atoms with van der Waals surface area (Å²) in [5.41, 5.74) is 10.4. The molecule has 1 aromatic carbocycles. The van der Waals surface area contributed by atoms with E-state index in [2.05, 4.69) is 10.3 Å². The third-order valence-corrected chi connectivity index (χ3v) is 2.77. The number of guanidine groups is 1. The van der Waals surface area contributed by atoms with Gasteiger partial charge in [0.15, 0.2) is 5.96 Å². The molecular formula is C13H21ClN4O2. The molecule has 1 atom stereocenters. The molecule has 0 radical (unpaired) electrons. The van der Waals surface area contributed by atoms with E-state index in [9.17, 15) is 5.11 Å². The highest BCUT2D eigenvalue weighted by molar-refractivity contribution is 6.32.